The van der Waals surface area contributed by atoms with E-state index in [1.807, 2.05) is 0 Å². The predicted octanol–water partition coefficient (Wildman–Crippen LogP) is 3.50. The highest BCUT2D eigenvalue weighted by Gasteiger charge is 2.21. The average molecular weight is 399 g/mol. The SMILES string of the molecule is COc1cc2nc(-c3n[nH]cc3NC(=O)c3c(F)cccc3F)[nH]c2cc1OC. The molecule has 2 aromatic carbocycles. The molecule has 29 heavy (non-hydrogen) atoms. The van der Waals surface area contributed by atoms with Gasteiger partial charge in [0.2, 0.25) is 0 Å². The van der Waals surface area contributed by atoms with Crippen molar-refractivity contribution in [2.24, 2.45) is 0 Å². The lowest BCUT2D eigenvalue weighted by Crippen LogP contribution is -2.16. The molecule has 0 aliphatic heterocycles. The van der Waals surface area contributed by atoms with Crippen molar-refractivity contribution < 1.29 is 23.0 Å². The highest BCUT2D eigenvalue weighted by Crippen LogP contribution is 2.33. The number of aromatic nitrogens is 4. The van der Waals surface area contributed by atoms with Crippen LogP contribution in [0.25, 0.3) is 22.6 Å². The van der Waals surface area contributed by atoms with Crippen LogP contribution < -0.4 is 14.8 Å². The maximum absolute atomic E-state index is 13.9. The van der Waals surface area contributed by atoms with Crippen LogP contribution in [0.2, 0.25) is 0 Å². The van der Waals surface area contributed by atoms with Crippen LogP contribution in [-0.4, -0.2) is 40.3 Å². The Hall–Kier alpha value is -3.95. The fourth-order valence-corrected chi connectivity index (χ4v) is 2.91. The molecule has 0 aliphatic rings. The van der Waals surface area contributed by atoms with Gasteiger partial charge in [0.1, 0.15) is 17.2 Å². The molecule has 0 aliphatic carbocycles. The van der Waals surface area contributed by atoms with Crippen LogP contribution in [0.1, 0.15) is 10.4 Å². The molecule has 3 N–H and O–H groups in total. The van der Waals surface area contributed by atoms with E-state index in [1.54, 1.807) is 12.1 Å². The van der Waals surface area contributed by atoms with Crippen molar-refractivity contribution in [2.45, 2.75) is 0 Å². The molecule has 10 heteroatoms. The summed E-state index contributed by atoms with van der Waals surface area (Å²) >= 11 is 0. The zero-order valence-electron chi connectivity index (χ0n) is 15.3. The van der Waals surface area contributed by atoms with Gasteiger partial charge in [0.15, 0.2) is 23.0 Å². The summed E-state index contributed by atoms with van der Waals surface area (Å²) in [5, 5.41) is 9.14. The molecule has 0 saturated heterocycles. The number of H-pyrrole nitrogens is 2. The summed E-state index contributed by atoms with van der Waals surface area (Å²) in [5.74, 6) is -1.51. The van der Waals surface area contributed by atoms with Gasteiger partial charge in [0, 0.05) is 18.3 Å². The van der Waals surface area contributed by atoms with Gasteiger partial charge < -0.3 is 19.8 Å². The Balaban J connectivity index is 1.70. The highest BCUT2D eigenvalue weighted by atomic mass is 19.1. The average Bonchev–Trinajstić information content (AvgIpc) is 3.32. The zero-order chi connectivity index (χ0) is 20.5. The van der Waals surface area contributed by atoms with Crippen LogP contribution in [0.3, 0.4) is 0 Å². The summed E-state index contributed by atoms with van der Waals surface area (Å²) in [6.45, 7) is 0. The first-order valence-corrected chi connectivity index (χ1v) is 8.43. The number of hydrogen-bond acceptors (Lipinski definition) is 5. The Morgan fingerprint density at radius 1 is 1.10 bits per heavy atom. The quantitative estimate of drug-likeness (QED) is 0.476. The van der Waals surface area contributed by atoms with E-state index in [0.29, 0.717) is 28.4 Å². The van der Waals surface area contributed by atoms with Gasteiger partial charge in [-0.1, -0.05) is 6.07 Å². The Bertz CT molecular complexity index is 1160. The van der Waals surface area contributed by atoms with Crippen LogP contribution in [-0.2, 0) is 0 Å². The molecule has 0 spiro atoms. The molecule has 0 atom stereocenters. The fourth-order valence-electron chi connectivity index (χ4n) is 2.91. The van der Waals surface area contributed by atoms with E-state index in [-0.39, 0.29) is 11.4 Å². The maximum Gasteiger partial charge on any atom is 0.261 e. The summed E-state index contributed by atoms with van der Waals surface area (Å²) in [6, 6.07) is 6.60. The number of rotatable bonds is 5. The van der Waals surface area contributed by atoms with Gasteiger partial charge in [-0.2, -0.15) is 5.10 Å². The van der Waals surface area contributed by atoms with Crippen molar-refractivity contribution in [2.75, 3.05) is 19.5 Å². The molecule has 0 fully saturated rings. The maximum atomic E-state index is 13.9. The van der Waals surface area contributed by atoms with Gasteiger partial charge in [-0.15, -0.1) is 0 Å². The van der Waals surface area contributed by atoms with Crippen molar-refractivity contribution in [3.8, 4) is 23.0 Å². The van der Waals surface area contributed by atoms with E-state index in [4.69, 9.17) is 9.47 Å². The number of carbonyl (C=O) groups excluding carboxylic acids is 1. The summed E-state index contributed by atoms with van der Waals surface area (Å²) in [6.07, 6.45) is 1.39. The first-order chi connectivity index (χ1) is 14.0. The highest BCUT2D eigenvalue weighted by molar-refractivity contribution is 6.06. The van der Waals surface area contributed by atoms with E-state index in [9.17, 15) is 13.6 Å². The Morgan fingerprint density at radius 3 is 2.48 bits per heavy atom. The van der Waals surface area contributed by atoms with Crippen LogP contribution in [0.15, 0.2) is 36.5 Å². The van der Waals surface area contributed by atoms with E-state index >= 15 is 0 Å². The number of anilines is 1. The van der Waals surface area contributed by atoms with Gasteiger partial charge in [0.05, 0.1) is 30.9 Å². The number of halogens is 2. The van der Waals surface area contributed by atoms with Crippen molar-refractivity contribution >= 4 is 22.6 Å². The van der Waals surface area contributed by atoms with E-state index < -0.39 is 23.1 Å². The number of carbonyl (C=O) groups is 1. The van der Waals surface area contributed by atoms with Gasteiger partial charge in [0.25, 0.3) is 5.91 Å². The number of nitrogens with zero attached hydrogens (tertiary/aromatic N) is 2. The van der Waals surface area contributed by atoms with Crippen LogP contribution in [0.5, 0.6) is 11.5 Å². The monoisotopic (exact) mass is 399 g/mol. The molecular formula is C19H15F2N5O3. The first-order valence-electron chi connectivity index (χ1n) is 8.43. The Morgan fingerprint density at radius 2 is 1.79 bits per heavy atom. The van der Waals surface area contributed by atoms with E-state index in [1.165, 1.54) is 26.5 Å². The second-order valence-corrected chi connectivity index (χ2v) is 6.01. The van der Waals surface area contributed by atoms with Crippen LogP contribution >= 0.6 is 0 Å². The second kappa shape index (κ2) is 7.23. The summed E-state index contributed by atoms with van der Waals surface area (Å²) in [4.78, 5) is 19.9. The number of fused-ring (bicyclic) bond motifs is 1. The minimum atomic E-state index is -0.963. The largest absolute Gasteiger partial charge is 0.493 e. The molecule has 2 aromatic heterocycles. The van der Waals surface area contributed by atoms with Gasteiger partial charge in [-0.25, -0.2) is 13.8 Å². The number of amides is 1. The van der Waals surface area contributed by atoms with Crippen molar-refractivity contribution in [1.29, 1.82) is 0 Å². The molecule has 0 saturated carbocycles. The topological polar surface area (TPSA) is 105 Å². The van der Waals surface area contributed by atoms with Crippen molar-refractivity contribution in [3.05, 3.63) is 53.7 Å². The molecule has 0 unspecified atom stereocenters. The molecular weight excluding hydrogens is 384 g/mol. The summed E-state index contributed by atoms with van der Waals surface area (Å²) in [7, 11) is 3.03. The minimum absolute atomic E-state index is 0.204. The molecule has 0 radical (unpaired) electrons. The lowest BCUT2D eigenvalue weighted by molar-refractivity contribution is 0.101. The molecule has 4 aromatic rings. The Kier molecular flexibility index (Phi) is 4.59. The number of imidazole rings is 1. The third-order valence-corrected chi connectivity index (χ3v) is 4.29. The summed E-state index contributed by atoms with van der Waals surface area (Å²) in [5.41, 5.74) is 1.02. The van der Waals surface area contributed by atoms with E-state index in [2.05, 4.69) is 25.5 Å². The number of ether oxygens (including phenoxy) is 2. The number of benzene rings is 2. The zero-order valence-corrected chi connectivity index (χ0v) is 15.3. The molecule has 8 nitrogen and oxygen atoms in total. The van der Waals surface area contributed by atoms with Gasteiger partial charge in [-0.3, -0.25) is 9.89 Å². The molecule has 1 amide bonds. The Labute approximate surface area is 162 Å². The van der Waals surface area contributed by atoms with E-state index in [0.717, 1.165) is 12.1 Å². The standard InChI is InChI=1S/C19H15F2N5O3/c1-28-14-6-11-12(7-15(14)29-2)24-18(23-11)17-13(8-22-26-17)25-19(27)16-9(20)4-3-5-10(16)21/h3-8H,1-2H3,(H,22,26)(H,23,24)(H,25,27). The molecule has 148 valence electrons. The number of methoxy groups -OCH3 is 2. The predicted molar refractivity (Wildman–Crippen MR) is 101 cm³/mol. The van der Waals surface area contributed by atoms with Crippen LogP contribution in [0, 0.1) is 11.6 Å². The third kappa shape index (κ3) is 3.24. The number of aromatic amines is 2. The second-order valence-electron chi connectivity index (χ2n) is 6.01. The third-order valence-electron chi connectivity index (χ3n) is 4.29. The fraction of sp³-hybridized carbons (Fsp3) is 0.105. The first kappa shape index (κ1) is 18.4. The summed E-state index contributed by atoms with van der Waals surface area (Å²) < 4.78 is 38.3. The van der Waals surface area contributed by atoms with Gasteiger partial charge in [-0.05, 0) is 12.1 Å². The molecule has 2 heterocycles. The number of nitrogens with one attached hydrogen (secondary N) is 3. The van der Waals surface area contributed by atoms with Gasteiger partial charge >= 0.3 is 0 Å². The normalized spacial score (nSPS) is 10.9. The number of hydrogen-bond donors (Lipinski definition) is 3. The smallest absolute Gasteiger partial charge is 0.261 e. The lowest BCUT2D eigenvalue weighted by Gasteiger charge is -2.06. The van der Waals surface area contributed by atoms with Crippen LogP contribution in [0.4, 0.5) is 14.5 Å². The lowest BCUT2D eigenvalue weighted by atomic mass is 10.2. The minimum Gasteiger partial charge on any atom is -0.493 e. The van der Waals surface area contributed by atoms with Crippen molar-refractivity contribution in [3.63, 3.8) is 0 Å². The van der Waals surface area contributed by atoms with Crippen molar-refractivity contribution in [1.82, 2.24) is 20.2 Å². The molecule has 4 rings (SSSR count). The molecule has 0 bridgehead atoms.